The molecule has 13 heavy (non-hydrogen) atoms. The van der Waals surface area contributed by atoms with Gasteiger partial charge in [0.25, 0.3) is 0 Å². The Balaban J connectivity index is 1.74. The van der Waals surface area contributed by atoms with E-state index in [0.717, 1.165) is 24.3 Å². The van der Waals surface area contributed by atoms with E-state index in [-0.39, 0.29) is 5.91 Å². The van der Waals surface area contributed by atoms with Gasteiger partial charge in [0.1, 0.15) is 0 Å². The Kier molecular flexibility index (Phi) is 2.82. The first kappa shape index (κ1) is 9.38. The van der Waals surface area contributed by atoms with Crippen LogP contribution in [0.4, 0.5) is 0 Å². The molecule has 0 aliphatic heterocycles. The lowest BCUT2D eigenvalue weighted by molar-refractivity contribution is -0.118. The predicted molar refractivity (Wildman–Crippen MR) is 55.8 cm³/mol. The molecule has 0 aromatic rings. The van der Waals surface area contributed by atoms with Crippen molar-refractivity contribution >= 4 is 18.5 Å². The van der Waals surface area contributed by atoms with Crippen LogP contribution in [0.1, 0.15) is 25.7 Å². The molecule has 2 bridgehead atoms. The van der Waals surface area contributed by atoms with E-state index in [2.05, 4.69) is 17.9 Å². The number of carbonyl (C=O) groups is 1. The van der Waals surface area contributed by atoms with Gasteiger partial charge in [0.05, 0.1) is 5.75 Å². The first-order chi connectivity index (χ1) is 6.29. The number of hydrogen-bond donors (Lipinski definition) is 2. The van der Waals surface area contributed by atoms with E-state index >= 15 is 0 Å². The summed E-state index contributed by atoms with van der Waals surface area (Å²) in [5.74, 6) is 3.04. The van der Waals surface area contributed by atoms with Crippen molar-refractivity contribution in [2.24, 2.45) is 17.8 Å². The summed E-state index contributed by atoms with van der Waals surface area (Å²) in [6.07, 6.45) is 5.59. The van der Waals surface area contributed by atoms with Crippen LogP contribution in [-0.2, 0) is 4.79 Å². The molecule has 0 spiro atoms. The van der Waals surface area contributed by atoms with Crippen molar-refractivity contribution in [3.8, 4) is 0 Å². The summed E-state index contributed by atoms with van der Waals surface area (Å²) in [6, 6.07) is 0. The maximum absolute atomic E-state index is 11.0. The molecule has 0 radical (unpaired) electrons. The van der Waals surface area contributed by atoms with Gasteiger partial charge < -0.3 is 5.32 Å². The Labute approximate surface area is 84.9 Å². The molecule has 2 aliphatic carbocycles. The monoisotopic (exact) mass is 199 g/mol. The molecule has 0 aromatic carbocycles. The molecule has 2 fully saturated rings. The van der Waals surface area contributed by atoms with Crippen LogP contribution in [0.25, 0.3) is 0 Å². The van der Waals surface area contributed by atoms with Crippen LogP contribution in [0.15, 0.2) is 0 Å². The van der Waals surface area contributed by atoms with E-state index in [9.17, 15) is 4.79 Å². The fourth-order valence-corrected chi connectivity index (χ4v) is 3.04. The van der Waals surface area contributed by atoms with Crippen LogP contribution >= 0.6 is 12.6 Å². The second-order valence-corrected chi connectivity index (χ2v) is 4.71. The summed E-state index contributed by atoms with van der Waals surface area (Å²) in [4.78, 5) is 11.0. The Bertz CT molecular complexity index is 207. The number of carbonyl (C=O) groups excluding carboxylic acids is 1. The molecule has 3 heteroatoms. The van der Waals surface area contributed by atoms with Gasteiger partial charge in [-0.2, -0.15) is 12.6 Å². The molecule has 3 unspecified atom stereocenters. The molecular weight excluding hydrogens is 182 g/mol. The Hall–Kier alpha value is -0.180. The lowest BCUT2D eigenvalue weighted by atomic mass is 9.89. The van der Waals surface area contributed by atoms with Gasteiger partial charge >= 0.3 is 0 Å². The van der Waals surface area contributed by atoms with Crippen molar-refractivity contribution in [2.75, 3.05) is 12.3 Å². The third-order valence-electron chi connectivity index (χ3n) is 3.59. The lowest BCUT2D eigenvalue weighted by Gasteiger charge is -2.21. The Morgan fingerprint density at radius 3 is 2.77 bits per heavy atom. The largest absolute Gasteiger partial charge is 0.355 e. The van der Waals surface area contributed by atoms with Gasteiger partial charge in [-0.05, 0) is 37.0 Å². The third kappa shape index (κ3) is 2.01. The van der Waals surface area contributed by atoms with Gasteiger partial charge in [-0.1, -0.05) is 6.42 Å². The molecule has 3 atom stereocenters. The quantitative estimate of drug-likeness (QED) is 0.662. The molecule has 2 aliphatic rings. The zero-order chi connectivity index (χ0) is 9.26. The first-order valence-corrected chi connectivity index (χ1v) is 5.80. The molecule has 0 heterocycles. The predicted octanol–water partition coefficient (Wildman–Crippen LogP) is 1.47. The standard InChI is InChI=1S/C10H17NOS/c12-10(6-13)11-5-9-4-7-1-2-8(9)3-7/h7-9,13H,1-6H2,(H,11,12). The highest BCUT2D eigenvalue weighted by Gasteiger charge is 2.39. The van der Waals surface area contributed by atoms with Gasteiger partial charge in [0.15, 0.2) is 0 Å². The third-order valence-corrected chi connectivity index (χ3v) is 3.88. The Morgan fingerprint density at radius 1 is 1.38 bits per heavy atom. The van der Waals surface area contributed by atoms with Crippen LogP contribution in [-0.4, -0.2) is 18.2 Å². The lowest BCUT2D eigenvalue weighted by Crippen LogP contribution is -2.32. The zero-order valence-electron chi connectivity index (χ0n) is 7.83. The zero-order valence-corrected chi connectivity index (χ0v) is 8.72. The Morgan fingerprint density at radius 2 is 2.23 bits per heavy atom. The van der Waals surface area contributed by atoms with Crippen molar-refractivity contribution < 1.29 is 4.79 Å². The molecule has 1 N–H and O–H groups in total. The molecule has 74 valence electrons. The average Bonchev–Trinajstić information content (AvgIpc) is 2.74. The highest BCUT2D eigenvalue weighted by atomic mass is 32.1. The molecule has 0 saturated heterocycles. The highest BCUT2D eigenvalue weighted by Crippen LogP contribution is 2.47. The number of rotatable bonds is 3. The highest BCUT2D eigenvalue weighted by molar-refractivity contribution is 7.81. The minimum Gasteiger partial charge on any atom is -0.355 e. The SMILES string of the molecule is O=C(CS)NCC1CC2CCC1C2. The number of fused-ring (bicyclic) bond motifs is 2. The normalized spacial score (nSPS) is 36.5. The fraction of sp³-hybridized carbons (Fsp3) is 0.900. The van der Waals surface area contributed by atoms with Crippen molar-refractivity contribution in [1.82, 2.24) is 5.32 Å². The van der Waals surface area contributed by atoms with Crippen molar-refractivity contribution in [1.29, 1.82) is 0 Å². The van der Waals surface area contributed by atoms with Crippen LogP contribution in [0.5, 0.6) is 0 Å². The number of hydrogen-bond acceptors (Lipinski definition) is 2. The molecule has 1 amide bonds. The summed E-state index contributed by atoms with van der Waals surface area (Å²) in [7, 11) is 0. The summed E-state index contributed by atoms with van der Waals surface area (Å²) in [6.45, 7) is 0.889. The minimum absolute atomic E-state index is 0.0751. The molecule has 0 aromatic heterocycles. The second kappa shape index (κ2) is 3.91. The number of nitrogens with one attached hydrogen (secondary N) is 1. The van der Waals surface area contributed by atoms with Crippen LogP contribution in [0.3, 0.4) is 0 Å². The maximum atomic E-state index is 11.0. The van der Waals surface area contributed by atoms with Crippen LogP contribution in [0.2, 0.25) is 0 Å². The van der Waals surface area contributed by atoms with E-state index in [1.54, 1.807) is 0 Å². The van der Waals surface area contributed by atoms with Gasteiger partial charge in [-0.3, -0.25) is 4.79 Å². The fourth-order valence-electron chi connectivity index (χ4n) is 2.93. The van der Waals surface area contributed by atoms with E-state index in [4.69, 9.17) is 0 Å². The summed E-state index contributed by atoms with van der Waals surface area (Å²) in [5.41, 5.74) is 0. The van der Waals surface area contributed by atoms with Crippen molar-refractivity contribution in [2.45, 2.75) is 25.7 Å². The van der Waals surface area contributed by atoms with Gasteiger partial charge in [-0.15, -0.1) is 0 Å². The smallest absolute Gasteiger partial charge is 0.229 e. The molecule has 2 saturated carbocycles. The van der Waals surface area contributed by atoms with Gasteiger partial charge in [-0.25, -0.2) is 0 Å². The van der Waals surface area contributed by atoms with Crippen LogP contribution < -0.4 is 5.32 Å². The van der Waals surface area contributed by atoms with E-state index < -0.39 is 0 Å². The number of amides is 1. The average molecular weight is 199 g/mol. The van der Waals surface area contributed by atoms with Crippen molar-refractivity contribution in [3.63, 3.8) is 0 Å². The topological polar surface area (TPSA) is 29.1 Å². The van der Waals surface area contributed by atoms with E-state index in [1.165, 1.54) is 25.7 Å². The molecule has 2 rings (SSSR count). The summed E-state index contributed by atoms with van der Waals surface area (Å²) < 4.78 is 0. The molecular formula is C10H17NOS. The van der Waals surface area contributed by atoms with E-state index in [0.29, 0.717) is 5.75 Å². The van der Waals surface area contributed by atoms with Gasteiger partial charge in [0, 0.05) is 6.54 Å². The van der Waals surface area contributed by atoms with E-state index in [1.807, 2.05) is 0 Å². The maximum Gasteiger partial charge on any atom is 0.229 e. The van der Waals surface area contributed by atoms with Crippen LogP contribution in [0, 0.1) is 17.8 Å². The minimum atomic E-state index is 0.0751. The van der Waals surface area contributed by atoms with Gasteiger partial charge in [0.2, 0.25) is 5.91 Å². The summed E-state index contributed by atoms with van der Waals surface area (Å²) in [5, 5.41) is 2.94. The second-order valence-electron chi connectivity index (χ2n) is 4.40. The van der Waals surface area contributed by atoms with Crippen molar-refractivity contribution in [3.05, 3.63) is 0 Å². The first-order valence-electron chi connectivity index (χ1n) is 5.17. The summed E-state index contributed by atoms with van der Waals surface area (Å²) >= 11 is 3.93. The molecule has 2 nitrogen and oxygen atoms in total. The number of thiol groups is 1.